The third-order valence-corrected chi connectivity index (χ3v) is 6.12. The van der Waals surface area contributed by atoms with Crippen LogP contribution in [0.1, 0.15) is 22.2 Å². The zero-order chi connectivity index (χ0) is 19.7. The molecule has 146 valence electrons. The van der Waals surface area contributed by atoms with E-state index in [2.05, 4.69) is 19.8 Å². The Hall–Kier alpha value is -2.74. The first kappa shape index (κ1) is 18.6. The molecule has 0 saturated carbocycles. The van der Waals surface area contributed by atoms with E-state index in [-0.39, 0.29) is 11.8 Å². The summed E-state index contributed by atoms with van der Waals surface area (Å²) in [6.07, 6.45) is 1.55. The Balaban J connectivity index is 1.58. The van der Waals surface area contributed by atoms with E-state index in [1.54, 1.807) is 13.3 Å². The highest BCUT2D eigenvalue weighted by Gasteiger charge is 2.25. The second-order valence-corrected chi connectivity index (χ2v) is 7.60. The van der Waals surface area contributed by atoms with Gasteiger partial charge in [0, 0.05) is 31.9 Å². The van der Waals surface area contributed by atoms with E-state index in [4.69, 9.17) is 4.74 Å². The molecule has 1 aliphatic rings. The van der Waals surface area contributed by atoms with Crippen molar-refractivity contribution in [1.82, 2.24) is 9.97 Å². The van der Waals surface area contributed by atoms with Gasteiger partial charge in [-0.3, -0.25) is 0 Å². The maximum atomic E-state index is 13.2. The fourth-order valence-corrected chi connectivity index (χ4v) is 4.55. The Morgan fingerprint density at radius 3 is 2.50 bits per heavy atom. The van der Waals surface area contributed by atoms with Gasteiger partial charge in [0.2, 0.25) is 0 Å². The SMILES string of the molecule is CCOC(=O)c1sc2ncnc(N3CCN(c4ccc(F)cc4)CC3)c2c1C. The average Bonchev–Trinajstić information content (AvgIpc) is 3.06. The zero-order valence-electron chi connectivity index (χ0n) is 15.8. The Bertz CT molecular complexity index is 997. The number of rotatable bonds is 4. The highest BCUT2D eigenvalue weighted by Crippen LogP contribution is 2.35. The maximum absolute atomic E-state index is 13.2. The molecule has 0 amide bonds. The number of nitrogens with zero attached hydrogens (tertiary/aromatic N) is 4. The van der Waals surface area contributed by atoms with Crippen LogP contribution in [0.5, 0.6) is 0 Å². The number of hydrogen-bond donors (Lipinski definition) is 0. The quantitative estimate of drug-likeness (QED) is 0.623. The Kier molecular flexibility index (Phi) is 5.13. The number of thiophene rings is 1. The Morgan fingerprint density at radius 2 is 1.82 bits per heavy atom. The molecular weight excluding hydrogens is 379 g/mol. The molecule has 0 N–H and O–H groups in total. The third-order valence-electron chi connectivity index (χ3n) is 4.94. The molecular formula is C20H21FN4O2S. The summed E-state index contributed by atoms with van der Waals surface area (Å²) in [6, 6.07) is 6.59. The molecule has 0 spiro atoms. The van der Waals surface area contributed by atoms with Crippen LogP contribution in [0, 0.1) is 12.7 Å². The standard InChI is InChI=1S/C20H21FN4O2S/c1-3-27-20(26)17-13(2)16-18(22-12-23-19(16)28-17)25-10-8-24(9-11-25)15-6-4-14(21)5-7-15/h4-7,12H,3,8-11H2,1-2H3. The fraction of sp³-hybridized carbons (Fsp3) is 0.350. The van der Waals surface area contributed by atoms with Gasteiger partial charge in [-0.15, -0.1) is 11.3 Å². The molecule has 1 aromatic carbocycles. The van der Waals surface area contributed by atoms with Crippen molar-refractivity contribution in [3.05, 3.63) is 46.9 Å². The number of carbonyl (C=O) groups excluding carboxylic acids is 1. The second kappa shape index (κ2) is 7.71. The van der Waals surface area contributed by atoms with Crippen LogP contribution in [0.4, 0.5) is 15.9 Å². The van der Waals surface area contributed by atoms with Crippen LogP contribution in [-0.2, 0) is 4.74 Å². The first-order valence-corrected chi connectivity index (χ1v) is 10.1. The molecule has 0 bridgehead atoms. The van der Waals surface area contributed by atoms with Crippen molar-refractivity contribution in [1.29, 1.82) is 0 Å². The molecule has 6 nitrogen and oxygen atoms in total. The van der Waals surface area contributed by atoms with E-state index in [9.17, 15) is 9.18 Å². The lowest BCUT2D eigenvalue weighted by atomic mass is 10.1. The summed E-state index contributed by atoms with van der Waals surface area (Å²) >= 11 is 1.35. The number of hydrogen-bond acceptors (Lipinski definition) is 7. The molecule has 2 aromatic heterocycles. The summed E-state index contributed by atoms with van der Waals surface area (Å²) in [5.74, 6) is 0.319. The molecule has 1 aliphatic heterocycles. The number of fused-ring (bicyclic) bond motifs is 1. The van der Waals surface area contributed by atoms with Gasteiger partial charge in [-0.2, -0.15) is 0 Å². The van der Waals surface area contributed by atoms with Gasteiger partial charge in [0.25, 0.3) is 0 Å². The normalized spacial score (nSPS) is 14.5. The Labute approximate surface area is 166 Å². The first-order valence-electron chi connectivity index (χ1n) is 9.25. The van der Waals surface area contributed by atoms with Crippen LogP contribution in [-0.4, -0.2) is 48.7 Å². The van der Waals surface area contributed by atoms with Gasteiger partial charge in [0.15, 0.2) is 0 Å². The number of anilines is 2. The minimum Gasteiger partial charge on any atom is -0.462 e. The number of benzene rings is 1. The van der Waals surface area contributed by atoms with E-state index >= 15 is 0 Å². The number of aromatic nitrogens is 2. The molecule has 0 radical (unpaired) electrons. The van der Waals surface area contributed by atoms with E-state index in [1.165, 1.54) is 23.5 Å². The Morgan fingerprint density at radius 1 is 1.14 bits per heavy atom. The van der Waals surface area contributed by atoms with Crippen molar-refractivity contribution in [2.24, 2.45) is 0 Å². The topological polar surface area (TPSA) is 58.6 Å². The van der Waals surface area contributed by atoms with Gasteiger partial charge >= 0.3 is 5.97 Å². The predicted octanol–water partition coefficient (Wildman–Crippen LogP) is 3.64. The van der Waals surface area contributed by atoms with Crippen molar-refractivity contribution < 1.29 is 13.9 Å². The van der Waals surface area contributed by atoms with Crippen molar-refractivity contribution in [3.8, 4) is 0 Å². The van der Waals surface area contributed by atoms with Crippen LogP contribution in [0.15, 0.2) is 30.6 Å². The van der Waals surface area contributed by atoms with Crippen LogP contribution < -0.4 is 9.80 Å². The van der Waals surface area contributed by atoms with Gasteiger partial charge in [-0.25, -0.2) is 19.2 Å². The molecule has 0 unspecified atom stereocenters. The van der Waals surface area contributed by atoms with Crippen molar-refractivity contribution >= 4 is 39.0 Å². The second-order valence-electron chi connectivity index (χ2n) is 6.60. The minimum atomic E-state index is -0.310. The summed E-state index contributed by atoms with van der Waals surface area (Å²) in [6.45, 7) is 7.26. The number of piperazine rings is 1. The van der Waals surface area contributed by atoms with E-state index in [0.29, 0.717) is 11.5 Å². The van der Waals surface area contributed by atoms with Crippen LogP contribution >= 0.6 is 11.3 Å². The van der Waals surface area contributed by atoms with Gasteiger partial charge < -0.3 is 14.5 Å². The third kappa shape index (κ3) is 3.40. The molecule has 0 atom stereocenters. The molecule has 8 heteroatoms. The zero-order valence-corrected chi connectivity index (χ0v) is 16.6. The number of ether oxygens (including phenoxy) is 1. The van der Waals surface area contributed by atoms with E-state index in [0.717, 1.165) is 53.5 Å². The lowest BCUT2D eigenvalue weighted by molar-refractivity contribution is 0.0531. The summed E-state index contributed by atoms with van der Waals surface area (Å²) in [5, 5.41) is 0.922. The molecule has 28 heavy (non-hydrogen) atoms. The number of esters is 1. The first-order chi connectivity index (χ1) is 13.6. The highest BCUT2D eigenvalue weighted by molar-refractivity contribution is 7.20. The van der Waals surface area contributed by atoms with Gasteiger partial charge in [-0.1, -0.05) is 0 Å². The molecule has 3 aromatic rings. The smallest absolute Gasteiger partial charge is 0.348 e. The number of carbonyl (C=O) groups is 1. The van der Waals surface area contributed by atoms with Crippen molar-refractivity contribution in [3.63, 3.8) is 0 Å². The maximum Gasteiger partial charge on any atom is 0.348 e. The summed E-state index contributed by atoms with van der Waals surface area (Å²) < 4.78 is 18.3. The van der Waals surface area contributed by atoms with E-state index < -0.39 is 0 Å². The predicted molar refractivity (Wildman–Crippen MR) is 109 cm³/mol. The van der Waals surface area contributed by atoms with Crippen LogP contribution in [0.2, 0.25) is 0 Å². The van der Waals surface area contributed by atoms with Gasteiger partial charge in [-0.05, 0) is 43.7 Å². The van der Waals surface area contributed by atoms with Crippen molar-refractivity contribution in [2.45, 2.75) is 13.8 Å². The fourth-order valence-electron chi connectivity index (χ4n) is 3.51. The minimum absolute atomic E-state index is 0.226. The largest absolute Gasteiger partial charge is 0.462 e. The number of halogens is 1. The number of aryl methyl sites for hydroxylation is 1. The highest BCUT2D eigenvalue weighted by atomic mass is 32.1. The van der Waals surface area contributed by atoms with Crippen LogP contribution in [0.25, 0.3) is 10.2 Å². The molecule has 1 saturated heterocycles. The monoisotopic (exact) mass is 400 g/mol. The molecule has 3 heterocycles. The molecule has 1 fully saturated rings. The lowest BCUT2D eigenvalue weighted by Crippen LogP contribution is -2.46. The average molecular weight is 400 g/mol. The summed E-state index contributed by atoms with van der Waals surface area (Å²) in [4.78, 5) is 27.0. The van der Waals surface area contributed by atoms with Crippen molar-refractivity contribution in [2.75, 3.05) is 42.6 Å². The van der Waals surface area contributed by atoms with E-state index in [1.807, 2.05) is 19.1 Å². The molecule has 4 rings (SSSR count). The lowest BCUT2D eigenvalue weighted by Gasteiger charge is -2.37. The summed E-state index contributed by atoms with van der Waals surface area (Å²) in [7, 11) is 0. The van der Waals surface area contributed by atoms with Crippen LogP contribution in [0.3, 0.4) is 0 Å². The molecule has 0 aliphatic carbocycles. The van der Waals surface area contributed by atoms with Gasteiger partial charge in [0.1, 0.15) is 27.7 Å². The van der Waals surface area contributed by atoms with Gasteiger partial charge in [0.05, 0.1) is 12.0 Å². The summed E-state index contributed by atoms with van der Waals surface area (Å²) in [5.41, 5.74) is 1.89.